The van der Waals surface area contributed by atoms with Gasteiger partial charge in [0.15, 0.2) is 5.82 Å². The maximum atomic E-state index is 13.1. The van der Waals surface area contributed by atoms with Crippen LogP contribution in [0.2, 0.25) is 0 Å². The monoisotopic (exact) mass is 366 g/mol. The van der Waals surface area contributed by atoms with E-state index in [4.69, 9.17) is 10.5 Å². The summed E-state index contributed by atoms with van der Waals surface area (Å²) in [6.45, 7) is 2.33. The highest BCUT2D eigenvalue weighted by molar-refractivity contribution is 5.94. The average Bonchev–Trinajstić information content (AvgIpc) is 3.16. The number of nitrogen functional groups attached to an aromatic ring is 1. The Balaban J connectivity index is 1.49. The lowest BCUT2D eigenvalue weighted by Crippen LogP contribution is -2.41. The first-order chi connectivity index (χ1) is 13.2. The fourth-order valence-corrected chi connectivity index (χ4v) is 3.72. The van der Waals surface area contributed by atoms with Crippen molar-refractivity contribution in [2.24, 2.45) is 5.92 Å². The highest BCUT2D eigenvalue weighted by Crippen LogP contribution is 2.28. The van der Waals surface area contributed by atoms with Gasteiger partial charge in [-0.05, 0) is 49.8 Å². The molecule has 4 rings (SSSR count). The Hall–Kier alpha value is -2.47. The molecule has 1 aliphatic carbocycles. The van der Waals surface area contributed by atoms with Gasteiger partial charge in [-0.15, -0.1) is 0 Å². The quantitative estimate of drug-likeness (QED) is 0.849. The van der Waals surface area contributed by atoms with Crippen molar-refractivity contribution < 1.29 is 9.53 Å². The summed E-state index contributed by atoms with van der Waals surface area (Å²) < 4.78 is 5.77. The molecular formula is C21H26N4O2. The molecule has 1 saturated heterocycles. The molecule has 6 heteroatoms. The third-order valence-electron chi connectivity index (χ3n) is 5.51. The minimum Gasteiger partial charge on any atom is -0.384 e. The Kier molecular flexibility index (Phi) is 5.34. The van der Waals surface area contributed by atoms with E-state index in [2.05, 4.69) is 9.97 Å². The van der Waals surface area contributed by atoms with Gasteiger partial charge in [-0.2, -0.15) is 0 Å². The van der Waals surface area contributed by atoms with Gasteiger partial charge in [-0.25, -0.2) is 9.97 Å². The molecule has 1 atom stereocenters. The number of amides is 1. The fourth-order valence-electron chi connectivity index (χ4n) is 3.72. The van der Waals surface area contributed by atoms with Crippen molar-refractivity contribution >= 4 is 11.7 Å². The van der Waals surface area contributed by atoms with Crippen molar-refractivity contribution in [3.63, 3.8) is 0 Å². The molecule has 1 aliphatic heterocycles. The van der Waals surface area contributed by atoms with Crippen LogP contribution in [0.15, 0.2) is 36.5 Å². The first-order valence-electron chi connectivity index (χ1n) is 9.79. The van der Waals surface area contributed by atoms with E-state index in [1.165, 1.54) is 19.3 Å². The van der Waals surface area contributed by atoms with Crippen LogP contribution in [0.4, 0.5) is 5.82 Å². The lowest BCUT2D eigenvalue weighted by molar-refractivity contribution is 0.0448. The van der Waals surface area contributed by atoms with Gasteiger partial charge in [-0.3, -0.25) is 4.79 Å². The standard InChI is InChI=1S/C21H26N4O2/c22-19-10-11-23-20(24-19)16-6-8-17(9-7-16)21(26)25(13-15-3-1-4-15)14-18-5-2-12-27-18/h6-11,15,18H,1-5,12-14H2,(H2,22,23,24)/t18-/m1/s1. The minimum atomic E-state index is 0.0810. The largest absolute Gasteiger partial charge is 0.384 e. The number of carbonyl (C=O) groups excluding carboxylic acids is 1. The lowest BCUT2D eigenvalue weighted by Gasteiger charge is -2.33. The van der Waals surface area contributed by atoms with Crippen LogP contribution in [0.3, 0.4) is 0 Å². The van der Waals surface area contributed by atoms with Gasteiger partial charge in [0, 0.05) is 37.0 Å². The number of carbonyl (C=O) groups is 1. The molecule has 142 valence electrons. The van der Waals surface area contributed by atoms with Crippen molar-refractivity contribution in [1.82, 2.24) is 14.9 Å². The summed E-state index contributed by atoms with van der Waals surface area (Å²) in [5.74, 6) is 1.72. The summed E-state index contributed by atoms with van der Waals surface area (Å²) in [5, 5.41) is 0. The number of hydrogen-bond acceptors (Lipinski definition) is 5. The van der Waals surface area contributed by atoms with Crippen LogP contribution in [-0.4, -0.2) is 46.6 Å². The zero-order chi connectivity index (χ0) is 18.6. The second kappa shape index (κ2) is 8.05. The molecule has 1 saturated carbocycles. The molecule has 1 aromatic heterocycles. The summed E-state index contributed by atoms with van der Waals surface area (Å²) in [6, 6.07) is 9.14. The Morgan fingerprint density at radius 3 is 2.56 bits per heavy atom. The van der Waals surface area contributed by atoms with Crippen LogP contribution >= 0.6 is 0 Å². The van der Waals surface area contributed by atoms with Crippen LogP contribution in [0.5, 0.6) is 0 Å². The van der Waals surface area contributed by atoms with E-state index >= 15 is 0 Å². The van der Waals surface area contributed by atoms with Crippen LogP contribution < -0.4 is 5.73 Å². The molecule has 2 N–H and O–H groups in total. The predicted molar refractivity (Wildman–Crippen MR) is 104 cm³/mol. The van der Waals surface area contributed by atoms with E-state index < -0.39 is 0 Å². The van der Waals surface area contributed by atoms with Crippen molar-refractivity contribution in [1.29, 1.82) is 0 Å². The van der Waals surface area contributed by atoms with E-state index in [1.54, 1.807) is 12.3 Å². The van der Waals surface area contributed by atoms with Crippen molar-refractivity contribution in [2.45, 2.75) is 38.2 Å². The van der Waals surface area contributed by atoms with Gasteiger partial charge in [0.1, 0.15) is 5.82 Å². The molecule has 1 aromatic carbocycles. The van der Waals surface area contributed by atoms with Gasteiger partial charge in [0.2, 0.25) is 0 Å². The highest BCUT2D eigenvalue weighted by atomic mass is 16.5. The number of anilines is 1. The van der Waals surface area contributed by atoms with Crippen LogP contribution in [0.25, 0.3) is 11.4 Å². The van der Waals surface area contributed by atoms with Crippen LogP contribution in [0.1, 0.15) is 42.5 Å². The van der Waals surface area contributed by atoms with Crippen molar-refractivity contribution in [3.8, 4) is 11.4 Å². The lowest BCUT2D eigenvalue weighted by atomic mass is 9.85. The molecular weight excluding hydrogens is 340 g/mol. The van der Waals surface area contributed by atoms with E-state index in [-0.39, 0.29) is 12.0 Å². The molecule has 2 aromatic rings. The summed E-state index contributed by atoms with van der Waals surface area (Å²) in [7, 11) is 0. The smallest absolute Gasteiger partial charge is 0.253 e. The van der Waals surface area contributed by atoms with E-state index in [0.29, 0.717) is 29.7 Å². The van der Waals surface area contributed by atoms with Gasteiger partial charge < -0.3 is 15.4 Å². The van der Waals surface area contributed by atoms with E-state index in [1.807, 2.05) is 29.2 Å². The molecule has 0 bridgehead atoms. The summed E-state index contributed by atoms with van der Waals surface area (Å²) in [6.07, 6.45) is 7.67. The third kappa shape index (κ3) is 4.27. The first kappa shape index (κ1) is 17.9. The average molecular weight is 366 g/mol. The van der Waals surface area contributed by atoms with E-state index in [0.717, 1.165) is 31.6 Å². The number of ether oxygens (including phenoxy) is 1. The van der Waals surface area contributed by atoms with E-state index in [9.17, 15) is 4.79 Å². The molecule has 27 heavy (non-hydrogen) atoms. The summed E-state index contributed by atoms with van der Waals surface area (Å²) in [5.41, 5.74) is 7.28. The Labute approximate surface area is 159 Å². The Morgan fingerprint density at radius 2 is 1.93 bits per heavy atom. The van der Waals surface area contributed by atoms with Crippen LogP contribution in [0, 0.1) is 5.92 Å². The molecule has 2 aliphatic rings. The molecule has 1 amide bonds. The Bertz CT molecular complexity index is 783. The van der Waals surface area contributed by atoms with Crippen molar-refractivity contribution in [2.75, 3.05) is 25.4 Å². The molecule has 0 unspecified atom stereocenters. The van der Waals surface area contributed by atoms with Gasteiger partial charge >= 0.3 is 0 Å². The molecule has 6 nitrogen and oxygen atoms in total. The van der Waals surface area contributed by atoms with Crippen LogP contribution in [-0.2, 0) is 4.74 Å². The highest BCUT2D eigenvalue weighted by Gasteiger charge is 2.28. The molecule has 0 radical (unpaired) electrons. The topological polar surface area (TPSA) is 81.3 Å². The number of nitrogens with two attached hydrogens (primary N) is 1. The minimum absolute atomic E-state index is 0.0810. The van der Waals surface area contributed by atoms with Crippen molar-refractivity contribution in [3.05, 3.63) is 42.1 Å². The number of nitrogens with zero attached hydrogens (tertiary/aromatic N) is 3. The molecule has 2 heterocycles. The summed E-state index contributed by atoms with van der Waals surface area (Å²) >= 11 is 0. The maximum Gasteiger partial charge on any atom is 0.253 e. The Morgan fingerprint density at radius 1 is 1.11 bits per heavy atom. The maximum absolute atomic E-state index is 13.1. The molecule has 2 fully saturated rings. The number of aromatic nitrogens is 2. The van der Waals surface area contributed by atoms with Gasteiger partial charge in [0.05, 0.1) is 6.10 Å². The fraction of sp³-hybridized carbons (Fsp3) is 0.476. The summed E-state index contributed by atoms with van der Waals surface area (Å²) in [4.78, 5) is 23.6. The number of benzene rings is 1. The van der Waals surface area contributed by atoms with Gasteiger partial charge in [0.25, 0.3) is 5.91 Å². The number of rotatable bonds is 6. The van der Waals surface area contributed by atoms with Gasteiger partial charge in [-0.1, -0.05) is 18.6 Å². The molecule has 0 spiro atoms. The third-order valence-corrected chi connectivity index (χ3v) is 5.51. The number of hydrogen-bond donors (Lipinski definition) is 1. The zero-order valence-corrected chi connectivity index (χ0v) is 15.5. The first-order valence-corrected chi connectivity index (χ1v) is 9.79. The predicted octanol–water partition coefficient (Wildman–Crippen LogP) is 3.15. The second-order valence-electron chi connectivity index (χ2n) is 7.52. The SMILES string of the molecule is Nc1ccnc(-c2ccc(C(=O)N(CC3CCC3)C[C@H]3CCCO3)cc2)n1. The zero-order valence-electron chi connectivity index (χ0n) is 15.5. The normalized spacial score (nSPS) is 19.6. The second-order valence-corrected chi connectivity index (χ2v) is 7.52.